The van der Waals surface area contributed by atoms with Gasteiger partial charge in [0, 0.05) is 24.2 Å². The third-order valence-electron chi connectivity index (χ3n) is 3.81. The van der Waals surface area contributed by atoms with Crippen LogP contribution in [0.5, 0.6) is 0 Å². The second-order valence-corrected chi connectivity index (χ2v) is 5.88. The first-order valence-corrected chi connectivity index (χ1v) is 8.50. The van der Waals surface area contributed by atoms with Gasteiger partial charge in [0.05, 0.1) is 5.56 Å². The molecule has 6 heteroatoms. The van der Waals surface area contributed by atoms with E-state index in [2.05, 4.69) is 10.6 Å². The van der Waals surface area contributed by atoms with Crippen molar-refractivity contribution in [2.24, 2.45) is 0 Å². The van der Waals surface area contributed by atoms with Crippen LogP contribution in [0.4, 0.5) is 5.69 Å². The molecule has 2 aromatic carbocycles. The topological polar surface area (TPSA) is 95.5 Å². The van der Waals surface area contributed by atoms with Gasteiger partial charge in [-0.2, -0.15) is 0 Å². The second kappa shape index (κ2) is 9.36. The predicted octanol–water partition coefficient (Wildman–Crippen LogP) is 3.10. The van der Waals surface area contributed by atoms with E-state index in [9.17, 15) is 14.4 Å². The maximum absolute atomic E-state index is 12.0. The Morgan fingerprint density at radius 2 is 1.54 bits per heavy atom. The lowest BCUT2D eigenvalue weighted by atomic mass is 10.1. The molecule has 6 nitrogen and oxygen atoms in total. The first-order chi connectivity index (χ1) is 12.5. The average Bonchev–Trinajstić information content (AvgIpc) is 2.65. The van der Waals surface area contributed by atoms with Crippen molar-refractivity contribution in [2.45, 2.75) is 26.2 Å². The summed E-state index contributed by atoms with van der Waals surface area (Å²) in [5.41, 5.74) is 2.30. The molecule has 0 radical (unpaired) electrons. The number of aryl methyl sites for hydroxylation is 1. The average molecular weight is 354 g/mol. The van der Waals surface area contributed by atoms with E-state index in [1.54, 1.807) is 36.4 Å². The molecule has 0 aromatic heterocycles. The van der Waals surface area contributed by atoms with Crippen LogP contribution in [0.3, 0.4) is 0 Å². The smallest absolute Gasteiger partial charge is 0.335 e. The number of carboxylic acid groups (broad SMARTS) is 1. The lowest BCUT2D eigenvalue weighted by Crippen LogP contribution is -2.23. The monoisotopic (exact) mass is 354 g/mol. The molecule has 0 spiro atoms. The Kier molecular flexibility index (Phi) is 6.91. The maximum atomic E-state index is 12.0. The molecule has 0 fully saturated rings. The van der Waals surface area contributed by atoms with Crippen molar-refractivity contribution in [2.75, 3.05) is 11.9 Å². The predicted molar refractivity (Wildman–Crippen MR) is 99.4 cm³/mol. The fraction of sp³-hybridized carbons (Fsp3) is 0.250. The van der Waals surface area contributed by atoms with E-state index in [0.717, 1.165) is 12.0 Å². The second-order valence-electron chi connectivity index (χ2n) is 5.88. The van der Waals surface area contributed by atoms with E-state index in [4.69, 9.17) is 5.11 Å². The SMILES string of the molecule is CCCNC(=O)c1ccc(NC(=O)CCc2ccc(C(=O)O)cc2)cc1. The molecule has 0 atom stereocenters. The molecule has 2 amide bonds. The zero-order chi connectivity index (χ0) is 18.9. The number of carbonyl (C=O) groups is 3. The highest BCUT2D eigenvalue weighted by atomic mass is 16.4. The largest absolute Gasteiger partial charge is 0.478 e. The quantitative estimate of drug-likeness (QED) is 0.679. The van der Waals surface area contributed by atoms with Gasteiger partial charge in [-0.05, 0) is 54.8 Å². The van der Waals surface area contributed by atoms with Crippen LogP contribution in [-0.4, -0.2) is 29.4 Å². The number of hydrogen-bond acceptors (Lipinski definition) is 3. The van der Waals surface area contributed by atoms with Gasteiger partial charge in [0.25, 0.3) is 5.91 Å². The Hall–Kier alpha value is -3.15. The Morgan fingerprint density at radius 3 is 2.12 bits per heavy atom. The minimum atomic E-state index is -0.971. The Labute approximate surface area is 152 Å². The summed E-state index contributed by atoms with van der Waals surface area (Å²) in [6.45, 7) is 2.62. The fourth-order valence-electron chi connectivity index (χ4n) is 2.34. The van der Waals surface area contributed by atoms with Gasteiger partial charge >= 0.3 is 5.97 Å². The van der Waals surface area contributed by atoms with Gasteiger partial charge in [0.1, 0.15) is 0 Å². The molecule has 0 heterocycles. The van der Waals surface area contributed by atoms with E-state index >= 15 is 0 Å². The molecule has 2 aromatic rings. The molecule has 2 rings (SSSR count). The minimum Gasteiger partial charge on any atom is -0.478 e. The number of anilines is 1. The van der Waals surface area contributed by atoms with Crippen molar-refractivity contribution in [3.63, 3.8) is 0 Å². The number of carboxylic acids is 1. The van der Waals surface area contributed by atoms with Crippen LogP contribution in [0.15, 0.2) is 48.5 Å². The van der Waals surface area contributed by atoms with E-state index in [1.807, 2.05) is 6.92 Å². The zero-order valence-electron chi connectivity index (χ0n) is 14.6. The van der Waals surface area contributed by atoms with Crippen LogP contribution >= 0.6 is 0 Å². The van der Waals surface area contributed by atoms with Gasteiger partial charge in [-0.1, -0.05) is 19.1 Å². The first-order valence-electron chi connectivity index (χ1n) is 8.50. The summed E-state index contributed by atoms with van der Waals surface area (Å²) >= 11 is 0. The van der Waals surface area contributed by atoms with Crippen molar-refractivity contribution < 1.29 is 19.5 Å². The summed E-state index contributed by atoms with van der Waals surface area (Å²) in [4.78, 5) is 34.7. The number of hydrogen-bond donors (Lipinski definition) is 3. The highest BCUT2D eigenvalue weighted by molar-refractivity contribution is 5.95. The summed E-state index contributed by atoms with van der Waals surface area (Å²) in [5.74, 6) is -1.24. The number of nitrogens with one attached hydrogen (secondary N) is 2. The molecule has 0 unspecified atom stereocenters. The van der Waals surface area contributed by atoms with Crippen LogP contribution in [0, 0.1) is 0 Å². The normalized spacial score (nSPS) is 10.2. The van der Waals surface area contributed by atoms with Crippen LogP contribution in [0.2, 0.25) is 0 Å². The molecule has 0 bridgehead atoms. The molecule has 136 valence electrons. The number of rotatable bonds is 8. The third kappa shape index (κ3) is 5.73. The fourth-order valence-corrected chi connectivity index (χ4v) is 2.34. The summed E-state index contributed by atoms with van der Waals surface area (Å²) in [6, 6.07) is 13.2. The molecule has 3 N–H and O–H groups in total. The lowest BCUT2D eigenvalue weighted by molar-refractivity contribution is -0.116. The summed E-state index contributed by atoms with van der Waals surface area (Å²) in [5, 5.41) is 14.4. The van der Waals surface area contributed by atoms with Crippen molar-refractivity contribution in [3.05, 3.63) is 65.2 Å². The highest BCUT2D eigenvalue weighted by Crippen LogP contribution is 2.12. The van der Waals surface area contributed by atoms with Gasteiger partial charge in [-0.3, -0.25) is 9.59 Å². The molecule has 26 heavy (non-hydrogen) atoms. The first kappa shape index (κ1) is 19.2. The lowest BCUT2D eigenvalue weighted by Gasteiger charge is -2.07. The minimum absolute atomic E-state index is 0.130. The van der Waals surface area contributed by atoms with Crippen LogP contribution < -0.4 is 10.6 Å². The Morgan fingerprint density at radius 1 is 0.923 bits per heavy atom. The van der Waals surface area contributed by atoms with E-state index in [0.29, 0.717) is 24.2 Å². The van der Waals surface area contributed by atoms with Gasteiger partial charge < -0.3 is 15.7 Å². The summed E-state index contributed by atoms with van der Waals surface area (Å²) < 4.78 is 0. The highest BCUT2D eigenvalue weighted by Gasteiger charge is 2.07. The number of carbonyl (C=O) groups excluding carboxylic acids is 2. The third-order valence-corrected chi connectivity index (χ3v) is 3.81. The standard InChI is InChI=1S/C20H22N2O4/c1-2-13-21-19(24)15-8-10-17(11-9-15)22-18(23)12-5-14-3-6-16(7-4-14)20(25)26/h3-4,6-11H,2,5,12-13H2,1H3,(H,21,24)(H,22,23)(H,25,26). The van der Waals surface area contributed by atoms with Gasteiger partial charge in [0.2, 0.25) is 5.91 Å². The van der Waals surface area contributed by atoms with Crippen molar-refractivity contribution in [1.29, 1.82) is 0 Å². The van der Waals surface area contributed by atoms with Gasteiger partial charge in [-0.15, -0.1) is 0 Å². The van der Waals surface area contributed by atoms with E-state index < -0.39 is 5.97 Å². The van der Waals surface area contributed by atoms with Crippen molar-refractivity contribution >= 4 is 23.5 Å². The van der Waals surface area contributed by atoms with Crippen molar-refractivity contribution in [1.82, 2.24) is 5.32 Å². The number of amides is 2. The van der Waals surface area contributed by atoms with E-state index in [1.165, 1.54) is 12.1 Å². The molecule has 0 aliphatic rings. The number of benzene rings is 2. The molecule has 0 saturated heterocycles. The molecule has 0 aliphatic heterocycles. The molecule has 0 saturated carbocycles. The van der Waals surface area contributed by atoms with E-state index in [-0.39, 0.29) is 23.8 Å². The summed E-state index contributed by atoms with van der Waals surface area (Å²) in [7, 11) is 0. The van der Waals surface area contributed by atoms with Crippen LogP contribution in [0.1, 0.15) is 46.0 Å². The van der Waals surface area contributed by atoms with Crippen LogP contribution in [0.25, 0.3) is 0 Å². The van der Waals surface area contributed by atoms with Gasteiger partial charge in [0.15, 0.2) is 0 Å². The molecular weight excluding hydrogens is 332 g/mol. The Bertz CT molecular complexity index is 767. The Balaban J connectivity index is 1.83. The molecule has 0 aliphatic carbocycles. The molecular formula is C20H22N2O4. The zero-order valence-corrected chi connectivity index (χ0v) is 14.6. The number of aromatic carboxylic acids is 1. The summed E-state index contributed by atoms with van der Waals surface area (Å²) in [6.07, 6.45) is 1.67. The van der Waals surface area contributed by atoms with Gasteiger partial charge in [-0.25, -0.2) is 4.79 Å². The van der Waals surface area contributed by atoms with Crippen LogP contribution in [-0.2, 0) is 11.2 Å². The maximum Gasteiger partial charge on any atom is 0.335 e. The van der Waals surface area contributed by atoms with Crippen molar-refractivity contribution in [3.8, 4) is 0 Å².